The Morgan fingerprint density at radius 3 is 0.660 bits per heavy atom. The minimum Gasteiger partial charge on any atom is -0.0885 e. The van der Waals surface area contributed by atoms with Gasteiger partial charge in [0.25, 0.3) is 0 Å². The third-order valence-electron chi connectivity index (χ3n) is 11.1. The predicted molar refractivity (Wildman–Crippen MR) is 219 cm³/mol. The summed E-state index contributed by atoms with van der Waals surface area (Å²) < 4.78 is 0. The first-order valence-corrected chi connectivity index (χ1v) is 23.0. The van der Waals surface area contributed by atoms with Gasteiger partial charge in [-0.1, -0.05) is 270 Å². The zero-order valence-corrected chi connectivity index (χ0v) is 33.7. The molecule has 1 unspecified atom stereocenters. The van der Waals surface area contributed by atoms with Crippen molar-refractivity contribution in [2.75, 3.05) is 0 Å². The minimum absolute atomic E-state index is 1.03. The van der Waals surface area contributed by atoms with Crippen molar-refractivity contribution in [1.29, 1.82) is 0 Å². The molecule has 0 aromatic carbocycles. The number of hydrogen-bond acceptors (Lipinski definition) is 0. The van der Waals surface area contributed by atoms with Gasteiger partial charge in [-0.2, -0.15) is 0 Å². The molecule has 0 fully saturated rings. The smallest absolute Gasteiger partial charge is 0.0351 e. The highest BCUT2D eigenvalue weighted by Crippen LogP contribution is 2.25. The van der Waals surface area contributed by atoms with E-state index in [0.717, 1.165) is 5.92 Å². The number of unbranched alkanes of at least 4 members (excludes halogenated alkanes) is 34. The Morgan fingerprint density at radius 1 is 0.234 bits per heavy atom. The molecule has 0 bridgehead atoms. The molecule has 0 saturated heterocycles. The van der Waals surface area contributed by atoms with Gasteiger partial charge in [-0.15, -0.1) is 0 Å². The van der Waals surface area contributed by atoms with Gasteiger partial charge in [-0.25, -0.2) is 0 Å². The van der Waals surface area contributed by atoms with Crippen LogP contribution in [0.2, 0.25) is 0 Å². The van der Waals surface area contributed by atoms with Crippen LogP contribution in [0.1, 0.15) is 284 Å². The lowest BCUT2D eigenvalue weighted by Crippen LogP contribution is -2.01. The van der Waals surface area contributed by atoms with Gasteiger partial charge in [0.15, 0.2) is 0 Å². The molecule has 0 heteroatoms. The molecule has 0 heterocycles. The lowest BCUT2D eigenvalue weighted by atomic mass is 9.89. The van der Waals surface area contributed by atoms with Crippen LogP contribution >= 0.6 is 0 Å². The van der Waals surface area contributed by atoms with Crippen molar-refractivity contribution in [3.8, 4) is 0 Å². The number of rotatable bonds is 42. The van der Waals surface area contributed by atoms with E-state index in [4.69, 9.17) is 0 Å². The van der Waals surface area contributed by atoms with Crippen LogP contribution in [0.15, 0.2) is 12.2 Å². The molecule has 0 saturated carbocycles. The molecule has 0 aromatic heterocycles. The fourth-order valence-electron chi connectivity index (χ4n) is 7.66. The maximum atomic E-state index is 2.47. The highest BCUT2D eigenvalue weighted by Gasteiger charge is 2.09. The Bertz CT molecular complexity index is 546. The second kappa shape index (κ2) is 43.8. The van der Waals surface area contributed by atoms with Gasteiger partial charge < -0.3 is 0 Å². The van der Waals surface area contributed by atoms with Gasteiger partial charge in [0.1, 0.15) is 0 Å². The van der Waals surface area contributed by atoms with Crippen LogP contribution in [0.4, 0.5) is 0 Å². The predicted octanol–water partition coefficient (Wildman–Crippen LogP) is 18.2. The second-order valence-electron chi connectivity index (χ2n) is 15.9. The van der Waals surface area contributed by atoms with E-state index < -0.39 is 0 Å². The Kier molecular flexibility index (Phi) is 43.5. The molecule has 0 aromatic rings. The number of allylic oxidation sites excluding steroid dienone is 2. The summed E-state index contributed by atoms with van der Waals surface area (Å²) in [6.07, 6.45) is 64.9. The fourth-order valence-corrected chi connectivity index (χ4v) is 7.66. The molecule has 47 heavy (non-hydrogen) atoms. The third-order valence-corrected chi connectivity index (χ3v) is 11.1. The van der Waals surface area contributed by atoms with Crippen molar-refractivity contribution in [3.63, 3.8) is 0 Å². The van der Waals surface area contributed by atoms with Crippen LogP contribution in [0.5, 0.6) is 0 Å². The quantitative estimate of drug-likeness (QED) is 0.0452. The summed E-state index contributed by atoms with van der Waals surface area (Å²) in [4.78, 5) is 0. The summed E-state index contributed by atoms with van der Waals surface area (Å²) in [5, 5.41) is 0. The minimum atomic E-state index is 1.03. The Labute approximate surface area is 301 Å². The van der Waals surface area contributed by atoms with Crippen LogP contribution in [0.25, 0.3) is 0 Å². The van der Waals surface area contributed by atoms with Crippen LogP contribution < -0.4 is 0 Å². The summed E-state index contributed by atoms with van der Waals surface area (Å²) in [6, 6.07) is 0. The maximum absolute atomic E-state index is 2.47. The summed E-state index contributed by atoms with van der Waals surface area (Å²) in [7, 11) is 0. The average molecular weight is 659 g/mol. The lowest BCUT2D eigenvalue weighted by Gasteiger charge is -2.17. The molecular weight excluding hydrogens is 565 g/mol. The van der Waals surface area contributed by atoms with E-state index in [0.29, 0.717) is 0 Å². The molecule has 0 amide bonds. The van der Waals surface area contributed by atoms with Crippen molar-refractivity contribution in [1.82, 2.24) is 0 Å². The number of hydrogen-bond donors (Lipinski definition) is 0. The van der Waals surface area contributed by atoms with Crippen LogP contribution in [-0.2, 0) is 0 Å². The van der Waals surface area contributed by atoms with Gasteiger partial charge in [0.2, 0.25) is 0 Å². The van der Waals surface area contributed by atoms with Gasteiger partial charge in [0.05, 0.1) is 0 Å². The Balaban J connectivity index is 3.92. The van der Waals surface area contributed by atoms with E-state index in [9.17, 15) is 0 Å². The molecular formula is C47H94. The van der Waals surface area contributed by atoms with E-state index in [1.165, 1.54) is 263 Å². The molecule has 0 radical (unpaired) electrons. The molecule has 1 atom stereocenters. The summed E-state index contributed by atoms with van der Waals surface area (Å²) >= 11 is 0. The average Bonchev–Trinajstić information content (AvgIpc) is 3.08. The Morgan fingerprint density at radius 2 is 0.426 bits per heavy atom. The zero-order chi connectivity index (χ0) is 34.0. The van der Waals surface area contributed by atoms with Gasteiger partial charge >= 0.3 is 0 Å². The summed E-state index contributed by atoms with van der Waals surface area (Å²) in [5.41, 5.74) is 0. The second-order valence-corrected chi connectivity index (χ2v) is 15.9. The molecule has 0 rings (SSSR count). The molecule has 0 nitrogen and oxygen atoms in total. The van der Waals surface area contributed by atoms with Crippen molar-refractivity contribution >= 4 is 0 Å². The van der Waals surface area contributed by atoms with Crippen molar-refractivity contribution in [2.24, 2.45) is 5.92 Å². The van der Waals surface area contributed by atoms with Gasteiger partial charge in [0, 0.05) is 0 Å². The molecule has 0 spiro atoms. The Hall–Kier alpha value is -0.260. The molecule has 0 aliphatic rings. The van der Waals surface area contributed by atoms with E-state index in [1.807, 2.05) is 0 Å². The van der Waals surface area contributed by atoms with Crippen molar-refractivity contribution < 1.29 is 0 Å². The van der Waals surface area contributed by atoms with E-state index in [2.05, 4.69) is 32.9 Å². The molecule has 0 aliphatic heterocycles. The first-order chi connectivity index (χ1) is 23.3. The van der Waals surface area contributed by atoms with Crippen molar-refractivity contribution in [2.45, 2.75) is 284 Å². The highest BCUT2D eigenvalue weighted by molar-refractivity contribution is 4.81. The third kappa shape index (κ3) is 41.8. The first kappa shape index (κ1) is 46.7. The van der Waals surface area contributed by atoms with Gasteiger partial charge in [-0.05, 0) is 31.6 Å². The maximum Gasteiger partial charge on any atom is -0.0351 e. The van der Waals surface area contributed by atoms with E-state index in [1.54, 1.807) is 0 Å². The SMILES string of the molecule is CCCCCCCCC=CCCCCCCCCC(CCCCCCCCCCCC)CCCCCCCCCCCCCCCC. The molecule has 0 aliphatic carbocycles. The lowest BCUT2D eigenvalue weighted by molar-refractivity contribution is 0.365. The largest absolute Gasteiger partial charge is 0.0885 e. The standard InChI is InChI=1S/C47H94/c1-4-7-10-13-16-19-22-24-26-27-29-31-34-37-40-43-46-47(44-41-38-35-32-21-18-15-12-9-6-3)45-42-39-36-33-30-28-25-23-20-17-14-11-8-5-2/h24,26,47H,4-23,25,27-46H2,1-3H3. The summed E-state index contributed by atoms with van der Waals surface area (Å²) in [6.45, 7) is 6.95. The van der Waals surface area contributed by atoms with Crippen molar-refractivity contribution in [3.05, 3.63) is 12.2 Å². The van der Waals surface area contributed by atoms with E-state index in [-0.39, 0.29) is 0 Å². The highest BCUT2D eigenvalue weighted by atomic mass is 14.1. The van der Waals surface area contributed by atoms with Crippen LogP contribution in [0, 0.1) is 5.92 Å². The van der Waals surface area contributed by atoms with Crippen LogP contribution in [-0.4, -0.2) is 0 Å². The topological polar surface area (TPSA) is 0 Å². The zero-order valence-electron chi connectivity index (χ0n) is 33.7. The van der Waals surface area contributed by atoms with Crippen LogP contribution in [0.3, 0.4) is 0 Å². The summed E-state index contributed by atoms with van der Waals surface area (Å²) in [5.74, 6) is 1.03. The van der Waals surface area contributed by atoms with Gasteiger partial charge in [-0.3, -0.25) is 0 Å². The molecule has 0 N–H and O–H groups in total. The molecule has 282 valence electrons. The monoisotopic (exact) mass is 659 g/mol. The van der Waals surface area contributed by atoms with E-state index >= 15 is 0 Å². The fraction of sp³-hybridized carbons (Fsp3) is 0.957. The first-order valence-electron chi connectivity index (χ1n) is 23.0. The normalized spacial score (nSPS) is 12.5.